The number of nitrogens with zero attached hydrogens (tertiary/aromatic N) is 1. The Labute approximate surface area is 149 Å². The molecule has 0 atom stereocenters. The Hall–Kier alpha value is -2.24. The number of benzene rings is 2. The predicted molar refractivity (Wildman–Crippen MR) is 98.2 cm³/mol. The van der Waals surface area contributed by atoms with Crippen molar-refractivity contribution in [2.45, 2.75) is 16.7 Å². The summed E-state index contributed by atoms with van der Waals surface area (Å²) in [4.78, 5) is 18.0. The highest BCUT2D eigenvalue weighted by molar-refractivity contribution is 7.99. The van der Waals surface area contributed by atoms with Gasteiger partial charge in [0.05, 0.1) is 18.3 Å². The first-order chi connectivity index (χ1) is 11.6. The fourth-order valence-corrected chi connectivity index (χ4v) is 3.37. The minimum atomic E-state index is -0.151. The number of rotatable bonds is 4. The summed E-state index contributed by atoms with van der Waals surface area (Å²) in [5.74, 6) is 0.513. The highest BCUT2D eigenvalue weighted by atomic mass is 35.5. The SMILES string of the molecule is COc1cc(NC(C)=O)c2nccc(Sc3ccc(Cl)cc3)c2c1. The molecule has 2 aromatic carbocycles. The Kier molecular flexibility index (Phi) is 4.92. The highest BCUT2D eigenvalue weighted by Crippen LogP contribution is 2.37. The maximum absolute atomic E-state index is 11.5. The van der Waals surface area contributed by atoms with Gasteiger partial charge in [-0.25, -0.2) is 0 Å². The van der Waals surface area contributed by atoms with Gasteiger partial charge in [0.2, 0.25) is 5.91 Å². The minimum Gasteiger partial charge on any atom is -0.497 e. The van der Waals surface area contributed by atoms with Crippen molar-refractivity contribution in [3.8, 4) is 5.75 Å². The molecule has 0 fully saturated rings. The van der Waals surface area contributed by atoms with Crippen LogP contribution in [0.1, 0.15) is 6.92 Å². The lowest BCUT2D eigenvalue weighted by Gasteiger charge is -2.12. The molecule has 122 valence electrons. The lowest BCUT2D eigenvalue weighted by atomic mass is 10.1. The number of halogens is 1. The smallest absolute Gasteiger partial charge is 0.221 e. The topological polar surface area (TPSA) is 51.2 Å². The Morgan fingerprint density at radius 1 is 1.21 bits per heavy atom. The van der Waals surface area contributed by atoms with E-state index in [0.29, 0.717) is 16.5 Å². The van der Waals surface area contributed by atoms with E-state index >= 15 is 0 Å². The third-order valence-electron chi connectivity index (χ3n) is 3.37. The largest absolute Gasteiger partial charge is 0.497 e. The quantitative estimate of drug-likeness (QED) is 0.712. The molecule has 1 aromatic heterocycles. The van der Waals surface area contributed by atoms with Gasteiger partial charge in [-0.1, -0.05) is 23.4 Å². The molecule has 0 aliphatic heterocycles. The van der Waals surface area contributed by atoms with Crippen molar-refractivity contribution in [3.63, 3.8) is 0 Å². The van der Waals surface area contributed by atoms with Crippen molar-refractivity contribution >= 4 is 45.9 Å². The molecule has 0 aliphatic rings. The number of amides is 1. The Morgan fingerprint density at radius 2 is 1.96 bits per heavy atom. The van der Waals surface area contributed by atoms with Gasteiger partial charge < -0.3 is 10.1 Å². The Morgan fingerprint density at radius 3 is 2.62 bits per heavy atom. The third kappa shape index (κ3) is 3.63. The first kappa shape index (κ1) is 16.6. The molecule has 4 nitrogen and oxygen atoms in total. The van der Waals surface area contributed by atoms with Crippen LogP contribution in [-0.4, -0.2) is 18.0 Å². The number of hydrogen-bond acceptors (Lipinski definition) is 4. The highest BCUT2D eigenvalue weighted by Gasteiger charge is 2.11. The van der Waals surface area contributed by atoms with Gasteiger partial charge in [-0.2, -0.15) is 0 Å². The molecular formula is C18H15ClN2O2S. The average Bonchev–Trinajstić information content (AvgIpc) is 2.57. The summed E-state index contributed by atoms with van der Waals surface area (Å²) in [5, 5.41) is 4.43. The van der Waals surface area contributed by atoms with Crippen molar-refractivity contribution < 1.29 is 9.53 Å². The lowest BCUT2D eigenvalue weighted by Crippen LogP contribution is -2.07. The summed E-state index contributed by atoms with van der Waals surface area (Å²) in [6, 6.07) is 13.3. The zero-order valence-electron chi connectivity index (χ0n) is 13.2. The first-order valence-corrected chi connectivity index (χ1v) is 8.44. The fraction of sp³-hybridized carbons (Fsp3) is 0.111. The molecule has 1 amide bonds. The van der Waals surface area contributed by atoms with Gasteiger partial charge in [0.25, 0.3) is 0 Å². The van der Waals surface area contributed by atoms with Crippen molar-refractivity contribution in [2.75, 3.05) is 12.4 Å². The van der Waals surface area contributed by atoms with E-state index in [9.17, 15) is 4.79 Å². The zero-order valence-corrected chi connectivity index (χ0v) is 14.7. The fourth-order valence-electron chi connectivity index (χ4n) is 2.33. The summed E-state index contributed by atoms with van der Waals surface area (Å²) in [7, 11) is 1.60. The van der Waals surface area contributed by atoms with Crippen LogP contribution in [0.3, 0.4) is 0 Å². The van der Waals surface area contributed by atoms with Crippen molar-refractivity contribution in [2.24, 2.45) is 0 Å². The van der Waals surface area contributed by atoms with E-state index in [1.54, 1.807) is 31.1 Å². The number of hydrogen-bond donors (Lipinski definition) is 1. The number of aromatic nitrogens is 1. The van der Waals surface area contributed by atoms with Crippen LogP contribution in [0.25, 0.3) is 10.9 Å². The van der Waals surface area contributed by atoms with Crippen molar-refractivity contribution in [1.29, 1.82) is 0 Å². The van der Waals surface area contributed by atoms with Gasteiger partial charge in [0, 0.05) is 39.4 Å². The Balaban J connectivity index is 2.10. The number of carbonyl (C=O) groups is 1. The number of carbonyl (C=O) groups excluding carboxylic acids is 1. The van der Waals surface area contributed by atoms with Crippen LogP contribution in [0.5, 0.6) is 5.75 Å². The van der Waals surface area contributed by atoms with E-state index in [1.807, 2.05) is 36.4 Å². The number of pyridine rings is 1. The van der Waals surface area contributed by atoms with Crippen LogP contribution < -0.4 is 10.1 Å². The third-order valence-corrected chi connectivity index (χ3v) is 4.70. The molecule has 0 saturated heterocycles. The minimum absolute atomic E-state index is 0.151. The van der Waals surface area contributed by atoms with Gasteiger partial charge in [-0.15, -0.1) is 0 Å². The second-order valence-corrected chi connectivity index (χ2v) is 6.67. The number of fused-ring (bicyclic) bond motifs is 1. The molecule has 24 heavy (non-hydrogen) atoms. The predicted octanol–water partition coefficient (Wildman–Crippen LogP) is 5.01. The van der Waals surface area contributed by atoms with Crippen LogP contribution in [-0.2, 0) is 4.79 Å². The van der Waals surface area contributed by atoms with Gasteiger partial charge >= 0.3 is 0 Å². The molecule has 0 bridgehead atoms. The van der Waals surface area contributed by atoms with Gasteiger partial charge in [-0.3, -0.25) is 9.78 Å². The second-order valence-electron chi connectivity index (χ2n) is 5.12. The summed E-state index contributed by atoms with van der Waals surface area (Å²) >= 11 is 7.55. The van der Waals surface area contributed by atoms with Crippen molar-refractivity contribution in [3.05, 3.63) is 53.7 Å². The van der Waals surface area contributed by atoms with Crippen LogP contribution in [0.15, 0.2) is 58.5 Å². The summed E-state index contributed by atoms with van der Waals surface area (Å²) in [5.41, 5.74) is 1.36. The first-order valence-electron chi connectivity index (χ1n) is 7.24. The van der Waals surface area contributed by atoms with Gasteiger partial charge in [0.15, 0.2) is 0 Å². The average molecular weight is 359 g/mol. The van der Waals surface area contributed by atoms with Crippen LogP contribution >= 0.6 is 23.4 Å². The molecule has 0 unspecified atom stereocenters. The van der Waals surface area contributed by atoms with E-state index in [2.05, 4.69) is 10.3 Å². The lowest BCUT2D eigenvalue weighted by molar-refractivity contribution is -0.114. The summed E-state index contributed by atoms with van der Waals surface area (Å²) < 4.78 is 5.36. The second kappa shape index (κ2) is 7.11. The van der Waals surface area contributed by atoms with Gasteiger partial charge in [0.1, 0.15) is 5.75 Å². The number of ether oxygens (including phenoxy) is 1. The number of anilines is 1. The van der Waals surface area contributed by atoms with Crippen LogP contribution in [0.4, 0.5) is 5.69 Å². The van der Waals surface area contributed by atoms with E-state index < -0.39 is 0 Å². The molecule has 0 spiro atoms. The maximum Gasteiger partial charge on any atom is 0.221 e. The van der Waals surface area contributed by atoms with Crippen LogP contribution in [0.2, 0.25) is 5.02 Å². The standard InChI is InChI=1S/C18H15ClN2O2S/c1-11(22)21-16-10-13(23-2)9-15-17(7-8-20-18(15)16)24-14-5-3-12(19)4-6-14/h3-10H,1-2H3,(H,21,22). The molecular weight excluding hydrogens is 344 g/mol. The molecule has 1 N–H and O–H groups in total. The summed E-state index contributed by atoms with van der Waals surface area (Å²) in [6.45, 7) is 1.47. The molecule has 0 saturated carbocycles. The van der Waals surface area contributed by atoms with Gasteiger partial charge in [-0.05, 0) is 36.4 Å². The van der Waals surface area contributed by atoms with E-state index in [0.717, 1.165) is 20.7 Å². The van der Waals surface area contributed by atoms with E-state index in [-0.39, 0.29) is 5.91 Å². The monoisotopic (exact) mass is 358 g/mol. The molecule has 1 heterocycles. The molecule has 3 rings (SSSR count). The molecule has 0 radical (unpaired) electrons. The molecule has 6 heteroatoms. The maximum atomic E-state index is 11.5. The Bertz CT molecular complexity index is 897. The zero-order chi connectivity index (χ0) is 17.1. The summed E-state index contributed by atoms with van der Waals surface area (Å²) in [6.07, 6.45) is 1.73. The number of methoxy groups -OCH3 is 1. The molecule has 0 aliphatic carbocycles. The van der Waals surface area contributed by atoms with Crippen LogP contribution in [0, 0.1) is 0 Å². The van der Waals surface area contributed by atoms with Crippen molar-refractivity contribution in [1.82, 2.24) is 4.98 Å². The van der Waals surface area contributed by atoms with E-state index in [1.165, 1.54) is 6.92 Å². The normalized spacial score (nSPS) is 10.6. The number of nitrogens with one attached hydrogen (secondary N) is 1. The van der Waals surface area contributed by atoms with E-state index in [4.69, 9.17) is 16.3 Å². The molecule has 3 aromatic rings.